The maximum Gasteiger partial charge on any atom is 0.239 e. The molecule has 0 saturated carbocycles. The number of carbonyl (C=O) groups excluding carboxylic acids is 1. The number of hydrogen-bond donors (Lipinski definition) is 2. The van der Waals surface area contributed by atoms with E-state index in [9.17, 15) is 18.5 Å². The largest absolute Gasteiger partial charge is 0.345 e. The number of nitrogens with one attached hydrogen (secondary N) is 2. The topological polar surface area (TPSA) is 114 Å². The number of amides is 1. The molecular weight excluding hydrogens is 480 g/mol. The summed E-state index contributed by atoms with van der Waals surface area (Å²) in [6, 6.07) is 17.9. The Balaban J connectivity index is 1.79. The van der Waals surface area contributed by atoms with Gasteiger partial charge in [0.1, 0.15) is 0 Å². The first-order valence-electron chi connectivity index (χ1n) is 11.1. The first-order chi connectivity index (χ1) is 16.5. The molecule has 3 aromatic rings. The molecule has 1 aliphatic rings. The van der Waals surface area contributed by atoms with Crippen LogP contribution in [-0.2, 0) is 20.2 Å². The zero-order valence-corrected chi connectivity index (χ0v) is 21.5. The summed E-state index contributed by atoms with van der Waals surface area (Å²) in [5.74, 6) is -0.944. The van der Waals surface area contributed by atoms with Gasteiger partial charge < -0.3 is 5.32 Å². The van der Waals surface area contributed by atoms with Crippen molar-refractivity contribution in [2.45, 2.75) is 42.4 Å². The molecule has 2 N–H and O–H groups in total. The average molecular weight is 507 g/mol. The van der Waals surface area contributed by atoms with Gasteiger partial charge in [-0.05, 0) is 73.2 Å². The van der Waals surface area contributed by atoms with E-state index in [1.165, 1.54) is 16.2 Å². The van der Waals surface area contributed by atoms with E-state index < -0.39 is 26.5 Å². The zero-order chi connectivity index (χ0) is 25.5. The Morgan fingerprint density at radius 2 is 1.83 bits per heavy atom. The molecule has 0 radical (unpaired) electrons. The summed E-state index contributed by atoms with van der Waals surface area (Å²) >= 11 is 1.47. The summed E-state index contributed by atoms with van der Waals surface area (Å²) in [6.07, 6.45) is 0. The van der Waals surface area contributed by atoms with Crippen molar-refractivity contribution >= 4 is 33.0 Å². The first kappa shape index (κ1) is 24.6. The number of benzene rings is 2. The third kappa shape index (κ3) is 4.24. The third-order valence-electron chi connectivity index (χ3n) is 6.47. The summed E-state index contributed by atoms with van der Waals surface area (Å²) in [6.45, 7) is 5.16. The monoisotopic (exact) mass is 506 g/mol. The Labute approximate surface area is 209 Å². The maximum absolute atomic E-state index is 13.5. The fourth-order valence-corrected chi connectivity index (χ4v) is 6.41. The molecule has 0 unspecified atom stereocenters. The van der Waals surface area contributed by atoms with Gasteiger partial charge in [-0.3, -0.25) is 15.1 Å². The molecule has 1 aliphatic heterocycles. The van der Waals surface area contributed by atoms with Gasteiger partial charge in [0, 0.05) is 11.9 Å². The van der Waals surface area contributed by atoms with Gasteiger partial charge in [0.15, 0.2) is 15.8 Å². The van der Waals surface area contributed by atoms with Crippen LogP contribution in [-0.4, -0.2) is 37.5 Å². The Kier molecular flexibility index (Phi) is 6.30. The van der Waals surface area contributed by atoms with Crippen molar-refractivity contribution in [2.75, 3.05) is 7.05 Å². The van der Waals surface area contributed by atoms with Crippen molar-refractivity contribution in [3.63, 3.8) is 0 Å². The highest BCUT2D eigenvalue weighted by molar-refractivity contribution is 7.92. The lowest BCUT2D eigenvalue weighted by Gasteiger charge is -2.45. The quantitative estimate of drug-likeness (QED) is 0.530. The van der Waals surface area contributed by atoms with Gasteiger partial charge in [0.05, 0.1) is 33.2 Å². The molecule has 1 fully saturated rings. The molecule has 2 heterocycles. The number of hydrogen-bond acceptors (Lipinski definition) is 6. The Bertz CT molecular complexity index is 1450. The summed E-state index contributed by atoms with van der Waals surface area (Å²) in [4.78, 5) is 15.8. The lowest BCUT2D eigenvalue weighted by molar-refractivity contribution is -0.131. The van der Waals surface area contributed by atoms with E-state index in [4.69, 9.17) is 5.41 Å². The molecule has 0 spiro atoms. The highest BCUT2D eigenvalue weighted by Gasteiger charge is 2.49. The standard InChI is InChI=1S/C26H26N4O3S2/c1-16(2)35(32,33)21-10-8-18(9-11-21)23-24(31)30(4)25(28)29-26(23,3)22-13-20(15-34-22)19-7-5-6-17(12-19)14-27/h5-13,15-16,23H,1-4H3,(H2,28,29)/t23-,26-/m1/s1. The van der Waals surface area contributed by atoms with E-state index in [1.54, 1.807) is 51.2 Å². The van der Waals surface area contributed by atoms with Crippen LogP contribution in [0.2, 0.25) is 0 Å². The number of likely N-dealkylation sites (N-methyl/N-ethyl adjacent to an activating group) is 1. The van der Waals surface area contributed by atoms with E-state index >= 15 is 0 Å². The van der Waals surface area contributed by atoms with E-state index in [2.05, 4.69) is 11.4 Å². The molecule has 1 aromatic heterocycles. The highest BCUT2D eigenvalue weighted by atomic mass is 32.2. The number of nitriles is 1. The molecule has 0 bridgehead atoms. The second-order valence-corrected chi connectivity index (χ2v) is 12.5. The van der Waals surface area contributed by atoms with Gasteiger partial charge in [-0.15, -0.1) is 11.3 Å². The van der Waals surface area contributed by atoms with Crippen LogP contribution >= 0.6 is 11.3 Å². The molecular formula is C26H26N4O3S2. The normalized spacial score (nSPS) is 20.6. The Morgan fingerprint density at radius 1 is 1.14 bits per heavy atom. The minimum absolute atomic E-state index is 0.00539. The van der Waals surface area contributed by atoms with Crippen LogP contribution in [0.1, 0.15) is 42.7 Å². The molecule has 1 amide bonds. The van der Waals surface area contributed by atoms with E-state index in [1.807, 2.05) is 36.6 Å². The van der Waals surface area contributed by atoms with Crippen molar-refractivity contribution in [3.05, 3.63) is 76.0 Å². The minimum Gasteiger partial charge on any atom is -0.345 e. The number of nitrogens with zero attached hydrogens (tertiary/aromatic N) is 2. The van der Waals surface area contributed by atoms with Crippen molar-refractivity contribution < 1.29 is 13.2 Å². The van der Waals surface area contributed by atoms with E-state index in [-0.39, 0.29) is 16.8 Å². The van der Waals surface area contributed by atoms with Crippen LogP contribution in [0.5, 0.6) is 0 Å². The first-order valence-corrected chi connectivity index (χ1v) is 13.5. The minimum atomic E-state index is -3.44. The second kappa shape index (κ2) is 8.95. The lowest BCUT2D eigenvalue weighted by atomic mass is 9.76. The summed E-state index contributed by atoms with van der Waals surface area (Å²) in [7, 11) is -1.89. The SMILES string of the molecule is CC(C)S(=O)(=O)c1ccc([C@@H]2C(=O)N(C)C(=N)N[C@]2(C)c2cc(-c3cccc(C#N)c3)cs2)cc1. The van der Waals surface area contributed by atoms with Crippen molar-refractivity contribution in [2.24, 2.45) is 0 Å². The molecule has 9 heteroatoms. The van der Waals surface area contributed by atoms with Crippen LogP contribution in [0.3, 0.4) is 0 Å². The van der Waals surface area contributed by atoms with Crippen molar-refractivity contribution in [1.82, 2.24) is 10.2 Å². The molecule has 1 saturated heterocycles. The van der Waals surface area contributed by atoms with Crippen molar-refractivity contribution in [1.29, 1.82) is 10.7 Å². The van der Waals surface area contributed by atoms with Gasteiger partial charge in [-0.2, -0.15) is 5.26 Å². The number of guanidine groups is 1. The highest BCUT2D eigenvalue weighted by Crippen LogP contribution is 2.44. The lowest BCUT2D eigenvalue weighted by Crippen LogP contribution is -2.62. The van der Waals surface area contributed by atoms with Crippen LogP contribution in [0, 0.1) is 16.7 Å². The Morgan fingerprint density at radius 3 is 2.46 bits per heavy atom. The molecule has 180 valence electrons. The number of thiophene rings is 1. The van der Waals surface area contributed by atoms with Gasteiger partial charge in [0.2, 0.25) is 5.91 Å². The maximum atomic E-state index is 13.5. The smallest absolute Gasteiger partial charge is 0.239 e. The zero-order valence-electron chi connectivity index (χ0n) is 19.9. The van der Waals surface area contributed by atoms with E-state index in [0.717, 1.165) is 16.0 Å². The molecule has 35 heavy (non-hydrogen) atoms. The fourth-order valence-electron chi connectivity index (χ4n) is 4.28. The summed E-state index contributed by atoms with van der Waals surface area (Å²) in [5, 5.41) is 22.2. The number of carbonyl (C=O) groups is 1. The second-order valence-electron chi connectivity index (χ2n) is 9.06. The molecule has 2 atom stereocenters. The number of sulfone groups is 1. The van der Waals surface area contributed by atoms with Crippen LogP contribution in [0.4, 0.5) is 0 Å². The van der Waals surface area contributed by atoms with Crippen LogP contribution < -0.4 is 5.32 Å². The van der Waals surface area contributed by atoms with Gasteiger partial charge in [-0.1, -0.05) is 24.3 Å². The van der Waals surface area contributed by atoms with Crippen molar-refractivity contribution in [3.8, 4) is 17.2 Å². The Hall–Kier alpha value is -3.48. The summed E-state index contributed by atoms with van der Waals surface area (Å²) < 4.78 is 25.2. The van der Waals surface area contributed by atoms with Crippen LogP contribution in [0.15, 0.2) is 64.9 Å². The van der Waals surface area contributed by atoms with Gasteiger partial charge >= 0.3 is 0 Å². The predicted molar refractivity (Wildman–Crippen MR) is 137 cm³/mol. The molecule has 2 aromatic carbocycles. The molecule has 7 nitrogen and oxygen atoms in total. The van der Waals surface area contributed by atoms with E-state index in [0.29, 0.717) is 11.1 Å². The average Bonchev–Trinajstić information content (AvgIpc) is 3.34. The van der Waals surface area contributed by atoms with Crippen LogP contribution in [0.25, 0.3) is 11.1 Å². The fraction of sp³-hybridized carbons (Fsp3) is 0.269. The van der Waals surface area contributed by atoms with Gasteiger partial charge in [-0.25, -0.2) is 8.42 Å². The number of rotatable bonds is 5. The van der Waals surface area contributed by atoms with Gasteiger partial charge in [0.25, 0.3) is 0 Å². The summed E-state index contributed by atoms with van der Waals surface area (Å²) in [5.41, 5.74) is 2.09. The predicted octanol–water partition coefficient (Wildman–Crippen LogP) is 4.46. The molecule has 4 rings (SSSR count). The molecule has 0 aliphatic carbocycles. The third-order valence-corrected chi connectivity index (χ3v) is 9.81.